The molecule has 0 aliphatic heterocycles. The molecule has 0 radical (unpaired) electrons. The number of hydrogen-bond donors (Lipinski definition) is 2. The van der Waals surface area contributed by atoms with Gasteiger partial charge in [0.1, 0.15) is 6.67 Å². The molecule has 0 saturated carbocycles. The molecule has 0 aliphatic rings. The first kappa shape index (κ1) is 16.4. The Hall–Kier alpha value is -1.66. The largest absolute Gasteiger partial charge is 0.394 e. The van der Waals surface area contributed by atoms with Crippen molar-refractivity contribution in [3.8, 4) is 0 Å². The average molecular weight is 283 g/mol. The van der Waals surface area contributed by atoms with E-state index in [9.17, 15) is 9.50 Å². The van der Waals surface area contributed by atoms with E-state index in [1.54, 1.807) is 24.3 Å². The maximum absolute atomic E-state index is 12.9. The molecule has 0 saturated heterocycles. The van der Waals surface area contributed by atoms with Crippen LogP contribution in [0.1, 0.15) is 17.2 Å². The van der Waals surface area contributed by atoms with Gasteiger partial charge in [-0.25, -0.2) is 0 Å². The van der Waals surface area contributed by atoms with Gasteiger partial charge in [0, 0.05) is 18.4 Å². The van der Waals surface area contributed by atoms with E-state index < -0.39 is 24.9 Å². The van der Waals surface area contributed by atoms with Gasteiger partial charge in [0.15, 0.2) is 0 Å². The summed E-state index contributed by atoms with van der Waals surface area (Å²) < 4.78 is 18.0. The third-order valence-electron chi connectivity index (χ3n) is 2.95. The third kappa shape index (κ3) is 4.47. The Labute approximate surface area is 116 Å². The topological polar surface area (TPSA) is 98.5 Å². The first-order valence-electron chi connectivity index (χ1n) is 6.17. The number of alkyl halides is 1. The first-order valence-corrected chi connectivity index (χ1v) is 6.17. The molecule has 20 heavy (non-hydrogen) atoms. The number of benzene rings is 1. The molecule has 1 aromatic carbocycles. The lowest BCUT2D eigenvalue weighted by Crippen LogP contribution is -2.20. The highest BCUT2D eigenvalue weighted by molar-refractivity contribution is 5.26. The summed E-state index contributed by atoms with van der Waals surface area (Å²) in [6.45, 7) is -1.11. The molecule has 7 heteroatoms. The summed E-state index contributed by atoms with van der Waals surface area (Å²) in [4.78, 5) is 2.61. The van der Waals surface area contributed by atoms with Gasteiger partial charge in [-0.15, -0.1) is 0 Å². The van der Waals surface area contributed by atoms with E-state index in [4.69, 9.17) is 15.4 Å². The van der Waals surface area contributed by atoms with Gasteiger partial charge < -0.3 is 14.9 Å². The molecule has 0 fully saturated rings. The Balaban J connectivity index is 2.86. The molecular formula is C13H18FN3O3. The molecule has 0 amide bonds. The molecule has 0 aliphatic carbocycles. The van der Waals surface area contributed by atoms with Crippen LogP contribution in [-0.4, -0.2) is 42.8 Å². The predicted molar refractivity (Wildman–Crippen MR) is 71.9 cm³/mol. The minimum atomic E-state index is -0.918. The summed E-state index contributed by atoms with van der Waals surface area (Å²) in [7, 11) is 1.42. The van der Waals surface area contributed by atoms with Gasteiger partial charge in [0.2, 0.25) is 0 Å². The quantitative estimate of drug-likeness (QED) is 0.433. The zero-order chi connectivity index (χ0) is 15.0. The summed E-state index contributed by atoms with van der Waals surface area (Å²) in [6.07, 6.45) is -1.13. The molecule has 0 heterocycles. The van der Waals surface area contributed by atoms with Gasteiger partial charge in [-0.05, 0) is 16.7 Å². The zero-order valence-electron chi connectivity index (χ0n) is 11.2. The lowest BCUT2D eigenvalue weighted by atomic mass is 10.00. The Kier molecular flexibility index (Phi) is 6.97. The highest BCUT2D eigenvalue weighted by atomic mass is 19.1. The van der Waals surface area contributed by atoms with Crippen LogP contribution in [0.15, 0.2) is 29.4 Å². The van der Waals surface area contributed by atoms with Crippen LogP contribution < -0.4 is 0 Å². The van der Waals surface area contributed by atoms with E-state index in [1.807, 2.05) is 0 Å². The minimum Gasteiger partial charge on any atom is -0.394 e. The standard InChI is InChI=1S/C13H18FN3O3/c1-20-13(12(7-14)16-17-15)10-4-2-9(3-5-10)6-11(19)8-18/h2-5,11-13,18-19H,6-8H2,1H3/t11?,12-,13-/m1/s1. The molecule has 0 aromatic heterocycles. The van der Waals surface area contributed by atoms with Crippen molar-refractivity contribution >= 4 is 0 Å². The Morgan fingerprint density at radius 3 is 2.50 bits per heavy atom. The van der Waals surface area contributed by atoms with Gasteiger partial charge in [0.05, 0.1) is 24.9 Å². The Morgan fingerprint density at radius 1 is 1.40 bits per heavy atom. The zero-order valence-corrected chi connectivity index (χ0v) is 11.2. The predicted octanol–water partition coefficient (Wildman–Crippen LogP) is 1.92. The summed E-state index contributed by atoms with van der Waals surface area (Å²) in [6, 6.07) is 6.04. The van der Waals surface area contributed by atoms with Crippen LogP contribution in [0.2, 0.25) is 0 Å². The van der Waals surface area contributed by atoms with Crippen LogP contribution in [0.25, 0.3) is 10.4 Å². The van der Waals surface area contributed by atoms with Crippen LogP contribution in [0.5, 0.6) is 0 Å². The number of azide groups is 1. The Bertz CT molecular complexity index is 449. The monoisotopic (exact) mass is 283 g/mol. The summed E-state index contributed by atoms with van der Waals surface area (Å²) in [5.74, 6) is 0. The van der Waals surface area contributed by atoms with E-state index in [1.165, 1.54) is 7.11 Å². The average Bonchev–Trinajstić information content (AvgIpc) is 2.48. The molecule has 2 N–H and O–H groups in total. The maximum atomic E-state index is 12.9. The fraction of sp³-hybridized carbons (Fsp3) is 0.538. The van der Waals surface area contributed by atoms with Crippen LogP contribution in [0, 0.1) is 0 Å². The fourth-order valence-electron chi connectivity index (χ4n) is 1.93. The van der Waals surface area contributed by atoms with Crippen molar-refractivity contribution in [2.24, 2.45) is 5.11 Å². The molecular weight excluding hydrogens is 265 g/mol. The molecule has 110 valence electrons. The number of hydrogen-bond acceptors (Lipinski definition) is 4. The van der Waals surface area contributed by atoms with Crippen molar-refractivity contribution < 1.29 is 19.3 Å². The summed E-state index contributed by atoms with van der Waals surface area (Å²) in [5, 5.41) is 21.5. The maximum Gasteiger partial charge on any atom is 0.101 e. The first-order chi connectivity index (χ1) is 9.65. The molecule has 1 aromatic rings. The number of rotatable bonds is 8. The van der Waals surface area contributed by atoms with Gasteiger partial charge in [-0.1, -0.05) is 29.4 Å². The van der Waals surface area contributed by atoms with Crippen LogP contribution in [0.3, 0.4) is 0 Å². The number of nitrogens with zero attached hydrogens (tertiary/aromatic N) is 3. The van der Waals surface area contributed by atoms with Crippen molar-refractivity contribution in [2.75, 3.05) is 20.4 Å². The molecule has 1 unspecified atom stereocenters. The van der Waals surface area contributed by atoms with Crippen molar-refractivity contribution in [3.05, 3.63) is 45.8 Å². The smallest absolute Gasteiger partial charge is 0.101 e. The lowest BCUT2D eigenvalue weighted by molar-refractivity contribution is 0.0721. The number of methoxy groups -OCH3 is 1. The number of halogens is 1. The van der Waals surface area contributed by atoms with Gasteiger partial charge in [-0.2, -0.15) is 0 Å². The number of aliphatic hydroxyl groups excluding tert-OH is 2. The Morgan fingerprint density at radius 2 is 2.05 bits per heavy atom. The second kappa shape index (κ2) is 8.50. The highest BCUT2D eigenvalue weighted by Crippen LogP contribution is 2.24. The number of ether oxygens (including phenoxy) is 1. The SMILES string of the molecule is CO[C@H](c1ccc(CC(O)CO)cc1)[C@@H](CF)N=[N+]=[N-]. The number of aliphatic hydroxyl groups is 2. The highest BCUT2D eigenvalue weighted by Gasteiger charge is 2.22. The summed E-state index contributed by atoms with van der Waals surface area (Å²) in [5.41, 5.74) is 9.94. The third-order valence-corrected chi connectivity index (χ3v) is 2.95. The fourth-order valence-corrected chi connectivity index (χ4v) is 1.93. The normalized spacial score (nSPS) is 15.2. The second-order valence-electron chi connectivity index (χ2n) is 4.36. The van der Waals surface area contributed by atoms with Gasteiger partial charge in [-0.3, -0.25) is 4.39 Å². The molecule has 3 atom stereocenters. The molecule has 0 bridgehead atoms. The van der Waals surface area contributed by atoms with Crippen LogP contribution in [-0.2, 0) is 11.2 Å². The van der Waals surface area contributed by atoms with E-state index >= 15 is 0 Å². The van der Waals surface area contributed by atoms with E-state index in [0.717, 1.165) is 5.56 Å². The molecule has 6 nitrogen and oxygen atoms in total. The van der Waals surface area contributed by atoms with Crippen molar-refractivity contribution in [3.63, 3.8) is 0 Å². The summed E-state index contributed by atoms with van der Waals surface area (Å²) >= 11 is 0. The van der Waals surface area contributed by atoms with E-state index in [0.29, 0.717) is 12.0 Å². The van der Waals surface area contributed by atoms with Crippen molar-refractivity contribution in [2.45, 2.75) is 24.7 Å². The second-order valence-corrected chi connectivity index (χ2v) is 4.36. The van der Waals surface area contributed by atoms with Crippen LogP contribution in [0.4, 0.5) is 4.39 Å². The minimum absolute atomic E-state index is 0.302. The van der Waals surface area contributed by atoms with Crippen molar-refractivity contribution in [1.82, 2.24) is 0 Å². The van der Waals surface area contributed by atoms with E-state index in [2.05, 4.69) is 10.0 Å². The molecule has 1 rings (SSSR count). The van der Waals surface area contributed by atoms with Crippen molar-refractivity contribution in [1.29, 1.82) is 0 Å². The van der Waals surface area contributed by atoms with Crippen LogP contribution >= 0.6 is 0 Å². The lowest BCUT2D eigenvalue weighted by Gasteiger charge is -2.20. The van der Waals surface area contributed by atoms with E-state index in [-0.39, 0.29) is 6.61 Å². The van der Waals surface area contributed by atoms with Gasteiger partial charge in [0.25, 0.3) is 0 Å². The molecule has 0 spiro atoms. The van der Waals surface area contributed by atoms with Gasteiger partial charge >= 0.3 is 0 Å².